The maximum Gasteiger partial charge on any atom is 0.239 e. The van der Waals surface area contributed by atoms with Crippen molar-refractivity contribution >= 4 is 23.2 Å². The van der Waals surface area contributed by atoms with Crippen molar-refractivity contribution in [3.63, 3.8) is 0 Å². The Morgan fingerprint density at radius 1 is 0.880 bits per heavy atom. The van der Waals surface area contributed by atoms with E-state index in [-0.39, 0.29) is 12.0 Å². The van der Waals surface area contributed by atoms with Gasteiger partial charge in [-0.2, -0.15) is 0 Å². The van der Waals surface area contributed by atoms with E-state index in [0.717, 1.165) is 0 Å². The van der Waals surface area contributed by atoms with E-state index in [1.165, 1.54) is 0 Å². The average Bonchev–Trinajstić information content (AvgIpc) is 2.57. The van der Waals surface area contributed by atoms with E-state index in [2.05, 4.69) is 10.6 Å². The first-order valence-corrected chi connectivity index (χ1v) is 8.24. The molecule has 0 aliphatic rings. The van der Waals surface area contributed by atoms with E-state index >= 15 is 0 Å². The van der Waals surface area contributed by atoms with Crippen molar-refractivity contribution in [2.75, 3.05) is 10.6 Å². The number of benzene rings is 2. The SMILES string of the molecule is CC(C)Oc1ccccc1NC(=O)C(C)(C)C(=O)Nc1ccccc1. The molecule has 2 rings (SSSR count). The number of amides is 2. The minimum atomic E-state index is -1.25. The zero-order valence-corrected chi connectivity index (χ0v) is 15.0. The lowest BCUT2D eigenvalue weighted by Gasteiger charge is -2.23. The fraction of sp³-hybridized carbons (Fsp3) is 0.300. The van der Waals surface area contributed by atoms with Gasteiger partial charge in [0.25, 0.3) is 0 Å². The summed E-state index contributed by atoms with van der Waals surface area (Å²) in [6, 6.07) is 16.2. The Kier molecular flexibility index (Phi) is 5.80. The van der Waals surface area contributed by atoms with E-state index in [9.17, 15) is 9.59 Å². The van der Waals surface area contributed by atoms with Gasteiger partial charge in [-0.3, -0.25) is 9.59 Å². The predicted molar refractivity (Wildman–Crippen MR) is 99.7 cm³/mol. The maximum atomic E-state index is 12.7. The van der Waals surface area contributed by atoms with Crippen LogP contribution in [0.4, 0.5) is 11.4 Å². The number of rotatable bonds is 6. The summed E-state index contributed by atoms with van der Waals surface area (Å²) in [6.45, 7) is 7.00. The van der Waals surface area contributed by atoms with Gasteiger partial charge in [-0.25, -0.2) is 0 Å². The summed E-state index contributed by atoms with van der Waals surface area (Å²) >= 11 is 0. The summed E-state index contributed by atoms with van der Waals surface area (Å²) < 4.78 is 5.70. The molecule has 0 saturated carbocycles. The second-order valence-electron chi connectivity index (χ2n) is 6.56. The standard InChI is InChI=1S/C20H24N2O3/c1-14(2)25-17-13-9-8-12-16(17)22-19(24)20(3,4)18(23)21-15-10-6-5-7-11-15/h5-14H,1-4H3,(H,21,23)(H,22,24). The Balaban J connectivity index is 2.12. The summed E-state index contributed by atoms with van der Waals surface area (Å²) in [5, 5.41) is 5.56. The van der Waals surface area contributed by atoms with Gasteiger partial charge in [-0.05, 0) is 52.0 Å². The quantitative estimate of drug-likeness (QED) is 0.779. The smallest absolute Gasteiger partial charge is 0.239 e. The minimum Gasteiger partial charge on any atom is -0.489 e. The molecule has 0 aliphatic heterocycles. The van der Waals surface area contributed by atoms with Gasteiger partial charge in [0.15, 0.2) is 0 Å². The van der Waals surface area contributed by atoms with Crippen LogP contribution in [0, 0.1) is 5.41 Å². The Morgan fingerprint density at radius 3 is 2.08 bits per heavy atom. The Labute approximate surface area is 148 Å². The van der Waals surface area contributed by atoms with Crippen molar-refractivity contribution in [3.8, 4) is 5.75 Å². The normalized spacial score (nSPS) is 11.1. The molecule has 0 atom stereocenters. The van der Waals surface area contributed by atoms with Gasteiger partial charge in [-0.15, -0.1) is 0 Å². The summed E-state index contributed by atoms with van der Waals surface area (Å²) in [5.41, 5.74) is -0.0560. The summed E-state index contributed by atoms with van der Waals surface area (Å²) in [5.74, 6) is -0.204. The van der Waals surface area contributed by atoms with E-state index in [4.69, 9.17) is 4.74 Å². The van der Waals surface area contributed by atoms with E-state index < -0.39 is 11.3 Å². The van der Waals surface area contributed by atoms with Crippen LogP contribution in [0.15, 0.2) is 54.6 Å². The molecular weight excluding hydrogens is 316 g/mol. The first-order valence-electron chi connectivity index (χ1n) is 8.24. The van der Waals surface area contributed by atoms with Gasteiger partial charge in [0.05, 0.1) is 11.8 Å². The molecule has 0 aromatic heterocycles. The Bertz CT molecular complexity index is 740. The van der Waals surface area contributed by atoms with Crippen LogP contribution in [0.5, 0.6) is 5.75 Å². The largest absolute Gasteiger partial charge is 0.489 e. The predicted octanol–water partition coefficient (Wildman–Crippen LogP) is 4.08. The van der Waals surface area contributed by atoms with Crippen molar-refractivity contribution in [3.05, 3.63) is 54.6 Å². The number of para-hydroxylation sites is 3. The number of ether oxygens (including phenoxy) is 1. The topological polar surface area (TPSA) is 67.4 Å². The second kappa shape index (κ2) is 7.83. The molecule has 0 fully saturated rings. The van der Waals surface area contributed by atoms with Gasteiger partial charge >= 0.3 is 0 Å². The molecule has 2 aromatic carbocycles. The Hall–Kier alpha value is -2.82. The van der Waals surface area contributed by atoms with Gasteiger partial charge in [0.1, 0.15) is 11.2 Å². The maximum absolute atomic E-state index is 12.7. The highest BCUT2D eigenvalue weighted by molar-refractivity contribution is 6.14. The molecule has 5 nitrogen and oxygen atoms in total. The molecule has 2 N–H and O–H groups in total. The lowest BCUT2D eigenvalue weighted by atomic mass is 9.90. The van der Waals surface area contributed by atoms with Crippen molar-refractivity contribution in [1.29, 1.82) is 0 Å². The average molecular weight is 340 g/mol. The monoisotopic (exact) mass is 340 g/mol. The summed E-state index contributed by atoms with van der Waals surface area (Å²) in [7, 11) is 0. The zero-order chi connectivity index (χ0) is 18.4. The number of hydrogen-bond acceptors (Lipinski definition) is 3. The van der Waals surface area contributed by atoms with Crippen LogP contribution in [0.2, 0.25) is 0 Å². The lowest BCUT2D eigenvalue weighted by molar-refractivity contribution is -0.135. The van der Waals surface area contributed by atoms with Crippen LogP contribution in [0.3, 0.4) is 0 Å². The highest BCUT2D eigenvalue weighted by atomic mass is 16.5. The summed E-state index contributed by atoms with van der Waals surface area (Å²) in [4.78, 5) is 25.2. The van der Waals surface area contributed by atoms with Crippen LogP contribution in [-0.4, -0.2) is 17.9 Å². The van der Waals surface area contributed by atoms with Crippen LogP contribution < -0.4 is 15.4 Å². The van der Waals surface area contributed by atoms with Crippen LogP contribution in [0.25, 0.3) is 0 Å². The lowest BCUT2D eigenvalue weighted by Crippen LogP contribution is -2.41. The molecule has 0 bridgehead atoms. The number of carbonyl (C=O) groups excluding carboxylic acids is 2. The highest BCUT2D eigenvalue weighted by Gasteiger charge is 2.36. The van der Waals surface area contributed by atoms with Crippen molar-refractivity contribution in [2.24, 2.45) is 5.41 Å². The molecule has 25 heavy (non-hydrogen) atoms. The van der Waals surface area contributed by atoms with Gasteiger partial charge in [0.2, 0.25) is 11.8 Å². The number of carbonyl (C=O) groups is 2. The van der Waals surface area contributed by atoms with E-state index in [1.807, 2.05) is 38.1 Å². The molecule has 0 radical (unpaired) electrons. The minimum absolute atomic E-state index is 0.0209. The first-order chi connectivity index (χ1) is 11.8. The fourth-order valence-corrected chi connectivity index (χ4v) is 2.12. The van der Waals surface area contributed by atoms with Gasteiger partial charge < -0.3 is 15.4 Å². The molecule has 0 saturated heterocycles. The number of nitrogens with one attached hydrogen (secondary N) is 2. The molecule has 5 heteroatoms. The van der Waals surface area contributed by atoms with E-state index in [1.54, 1.807) is 44.2 Å². The first kappa shape index (κ1) is 18.5. The third-order valence-corrected chi connectivity index (χ3v) is 3.66. The number of hydrogen-bond donors (Lipinski definition) is 2. The fourth-order valence-electron chi connectivity index (χ4n) is 2.12. The molecular formula is C20H24N2O3. The third kappa shape index (κ3) is 4.83. The third-order valence-electron chi connectivity index (χ3n) is 3.66. The second-order valence-corrected chi connectivity index (χ2v) is 6.56. The number of anilines is 2. The summed E-state index contributed by atoms with van der Waals surface area (Å²) in [6.07, 6.45) is -0.0209. The van der Waals surface area contributed by atoms with Crippen molar-refractivity contribution in [1.82, 2.24) is 0 Å². The molecule has 2 amide bonds. The Morgan fingerprint density at radius 2 is 1.44 bits per heavy atom. The van der Waals surface area contributed by atoms with Crippen LogP contribution in [0.1, 0.15) is 27.7 Å². The molecule has 0 spiro atoms. The zero-order valence-electron chi connectivity index (χ0n) is 15.0. The van der Waals surface area contributed by atoms with Crippen molar-refractivity contribution < 1.29 is 14.3 Å². The molecule has 132 valence electrons. The van der Waals surface area contributed by atoms with Crippen LogP contribution in [-0.2, 0) is 9.59 Å². The molecule has 0 unspecified atom stereocenters. The van der Waals surface area contributed by atoms with E-state index in [0.29, 0.717) is 17.1 Å². The van der Waals surface area contributed by atoms with Gasteiger partial charge in [0, 0.05) is 5.69 Å². The van der Waals surface area contributed by atoms with Crippen molar-refractivity contribution in [2.45, 2.75) is 33.8 Å². The molecule has 2 aromatic rings. The highest BCUT2D eigenvalue weighted by Crippen LogP contribution is 2.28. The van der Waals surface area contributed by atoms with Gasteiger partial charge in [-0.1, -0.05) is 30.3 Å². The van der Waals surface area contributed by atoms with Crippen LogP contribution >= 0.6 is 0 Å². The molecule has 0 heterocycles. The molecule has 0 aliphatic carbocycles.